The average molecular weight is 278 g/mol. The van der Waals surface area contributed by atoms with Crippen molar-refractivity contribution < 1.29 is 4.79 Å². The molecule has 0 saturated heterocycles. The second-order valence-corrected chi connectivity index (χ2v) is 5.89. The molecule has 3 aromatic carbocycles. The SMILES string of the molecule is Cc1cc(Sc2ccc3ccccc3c2)ccc1C=O. The number of aryl methyl sites for hydroxylation is 1. The maximum Gasteiger partial charge on any atom is 0.150 e. The Labute approximate surface area is 122 Å². The normalized spacial score (nSPS) is 10.7. The summed E-state index contributed by atoms with van der Waals surface area (Å²) in [6.45, 7) is 1.97. The molecule has 0 amide bonds. The summed E-state index contributed by atoms with van der Waals surface area (Å²) >= 11 is 1.72. The molecule has 0 aliphatic heterocycles. The van der Waals surface area contributed by atoms with Crippen LogP contribution < -0.4 is 0 Å². The summed E-state index contributed by atoms with van der Waals surface area (Å²) in [5.41, 5.74) is 1.78. The molecule has 0 bridgehead atoms. The molecule has 98 valence electrons. The minimum Gasteiger partial charge on any atom is -0.298 e. The van der Waals surface area contributed by atoms with Gasteiger partial charge in [0, 0.05) is 15.4 Å². The first-order valence-corrected chi connectivity index (χ1v) is 7.30. The van der Waals surface area contributed by atoms with Gasteiger partial charge < -0.3 is 0 Å². The van der Waals surface area contributed by atoms with Gasteiger partial charge in [0.1, 0.15) is 6.29 Å². The van der Waals surface area contributed by atoms with Crippen molar-refractivity contribution in [3.8, 4) is 0 Å². The molecule has 0 atom stereocenters. The van der Waals surface area contributed by atoms with Gasteiger partial charge in [0.25, 0.3) is 0 Å². The molecule has 0 unspecified atom stereocenters. The number of aldehydes is 1. The Balaban J connectivity index is 1.92. The summed E-state index contributed by atoms with van der Waals surface area (Å²) < 4.78 is 0. The van der Waals surface area contributed by atoms with E-state index < -0.39 is 0 Å². The molecule has 0 radical (unpaired) electrons. The molecule has 0 saturated carbocycles. The molecule has 0 heterocycles. The lowest BCUT2D eigenvalue weighted by atomic mass is 10.1. The van der Waals surface area contributed by atoms with Crippen molar-refractivity contribution >= 4 is 28.8 Å². The van der Waals surface area contributed by atoms with E-state index >= 15 is 0 Å². The lowest BCUT2D eigenvalue weighted by molar-refractivity contribution is 0.112. The predicted molar refractivity (Wildman–Crippen MR) is 84.6 cm³/mol. The summed E-state index contributed by atoms with van der Waals surface area (Å²) in [4.78, 5) is 13.2. The van der Waals surface area contributed by atoms with Gasteiger partial charge in [-0.1, -0.05) is 48.2 Å². The minimum absolute atomic E-state index is 0.757. The van der Waals surface area contributed by atoms with Crippen LogP contribution in [-0.2, 0) is 0 Å². The Morgan fingerprint density at radius 2 is 1.55 bits per heavy atom. The number of hydrogen-bond donors (Lipinski definition) is 0. The van der Waals surface area contributed by atoms with E-state index in [1.807, 2.05) is 19.1 Å². The van der Waals surface area contributed by atoms with Crippen LogP contribution in [0.2, 0.25) is 0 Å². The summed E-state index contributed by atoms with van der Waals surface area (Å²) in [6.07, 6.45) is 0.903. The summed E-state index contributed by atoms with van der Waals surface area (Å²) in [6, 6.07) is 20.8. The number of carbonyl (C=O) groups is 1. The maximum absolute atomic E-state index is 10.8. The zero-order valence-electron chi connectivity index (χ0n) is 11.2. The Hall–Kier alpha value is -2.06. The third kappa shape index (κ3) is 2.61. The van der Waals surface area contributed by atoms with Gasteiger partial charge in [-0.2, -0.15) is 0 Å². The van der Waals surface area contributed by atoms with Crippen molar-refractivity contribution in [2.24, 2.45) is 0 Å². The molecule has 20 heavy (non-hydrogen) atoms. The summed E-state index contributed by atoms with van der Waals surface area (Å²) in [5.74, 6) is 0. The first kappa shape index (κ1) is 12.9. The van der Waals surface area contributed by atoms with Crippen LogP contribution in [0.4, 0.5) is 0 Å². The minimum atomic E-state index is 0.757. The molecule has 1 nitrogen and oxygen atoms in total. The molecule has 0 N–H and O–H groups in total. The lowest BCUT2D eigenvalue weighted by Crippen LogP contribution is -1.86. The monoisotopic (exact) mass is 278 g/mol. The van der Waals surface area contributed by atoms with Crippen molar-refractivity contribution in [1.29, 1.82) is 0 Å². The van der Waals surface area contributed by atoms with Gasteiger partial charge >= 0.3 is 0 Å². The molecule has 3 rings (SSSR count). The van der Waals surface area contributed by atoms with Gasteiger partial charge in [-0.3, -0.25) is 4.79 Å². The Morgan fingerprint density at radius 1 is 0.850 bits per heavy atom. The third-order valence-corrected chi connectivity index (χ3v) is 4.30. The van der Waals surface area contributed by atoms with Crippen LogP contribution >= 0.6 is 11.8 Å². The van der Waals surface area contributed by atoms with E-state index in [1.54, 1.807) is 11.8 Å². The molecular formula is C18H14OS. The van der Waals surface area contributed by atoms with E-state index in [2.05, 4.69) is 48.5 Å². The number of hydrogen-bond acceptors (Lipinski definition) is 2. The van der Waals surface area contributed by atoms with E-state index in [4.69, 9.17) is 0 Å². The highest BCUT2D eigenvalue weighted by Crippen LogP contribution is 2.31. The van der Waals surface area contributed by atoms with E-state index in [1.165, 1.54) is 15.7 Å². The lowest BCUT2D eigenvalue weighted by Gasteiger charge is -2.06. The molecule has 2 heteroatoms. The fraction of sp³-hybridized carbons (Fsp3) is 0.0556. The first-order chi connectivity index (χ1) is 9.76. The number of rotatable bonds is 3. The van der Waals surface area contributed by atoms with Crippen molar-refractivity contribution in [2.45, 2.75) is 16.7 Å². The van der Waals surface area contributed by atoms with Gasteiger partial charge in [-0.15, -0.1) is 0 Å². The van der Waals surface area contributed by atoms with Crippen LogP contribution in [0.1, 0.15) is 15.9 Å². The van der Waals surface area contributed by atoms with Crippen LogP contribution in [0, 0.1) is 6.92 Å². The summed E-state index contributed by atoms with van der Waals surface area (Å²) in [7, 11) is 0. The second kappa shape index (κ2) is 5.51. The molecule has 0 aliphatic rings. The standard InChI is InChI=1S/C18H14OS/c1-13-10-17(9-7-16(13)12-19)20-18-8-6-14-4-2-3-5-15(14)11-18/h2-12H,1H3. The molecule has 3 aromatic rings. The Kier molecular flexibility index (Phi) is 3.57. The molecule has 0 spiro atoms. The average Bonchev–Trinajstić information content (AvgIpc) is 2.47. The molecular weight excluding hydrogens is 264 g/mol. The molecule has 0 aliphatic carbocycles. The van der Waals surface area contributed by atoms with Gasteiger partial charge in [0.15, 0.2) is 0 Å². The van der Waals surface area contributed by atoms with Crippen molar-refractivity contribution in [3.05, 3.63) is 71.8 Å². The zero-order chi connectivity index (χ0) is 13.9. The van der Waals surface area contributed by atoms with Crippen molar-refractivity contribution in [3.63, 3.8) is 0 Å². The largest absolute Gasteiger partial charge is 0.298 e. The van der Waals surface area contributed by atoms with E-state index in [0.29, 0.717) is 0 Å². The molecule has 0 aromatic heterocycles. The van der Waals surface area contributed by atoms with Crippen LogP contribution in [0.25, 0.3) is 10.8 Å². The third-order valence-electron chi connectivity index (χ3n) is 3.32. The Morgan fingerprint density at radius 3 is 2.30 bits per heavy atom. The van der Waals surface area contributed by atoms with Gasteiger partial charge in [0.05, 0.1) is 0 Å². The van der Waals surface area contributed by atoms with Gasteiger partial charge in [0.2, 0.25) is 0 Å². The summed E-state index contributed by atoms with van der Waals surface area (Å²) in [5, 5.41) is 2.50. The second-order valence-electron chi connectivity index (χ2n) is 4.75. The fourth-order valence-corrected chi connectivity index (χ4v) is 3.18. The molecule has 0 fully saturated rings. The van der Waals surface area contributed by atoms with Crippen molar-refractivity contribution in [1.82, 2.24) is 0 Å². The predicted octanol–water partition coefficient (Wildman–Crippen LogP) is 5.11. The van der Waals surface area contributed by atoms with Crippen LogP contribution in [-0.4, -0.2) is 6.29 Å². The highest BCUT2D eigenvalue weighted by atomic mass is 32.2. The fourth-order valence-electron chi connectivity index (χ4n) is 2.21. The topological polar surface area (TPSA) is 17.1 Å². The smallest absolute Gasteiger partial charge is 0.150 e. The van der Waals surface area contributed by atoms with Crippen LogP contribution in [0.5, 0.6) is 0 Å². The van der Waals surface area contributed by atoms with E-state index in [0.717, 1.165) is 22.3 Å². The first-order valence-electron chi connectivity index (χ1n) is 6.49. The highest BCUT2D eigenvalue weighted by molar-refractivity contribution is 7.99. The van der Waals surface area contributed by atoms with Crippen LogP contribution in [0.3, 0.4) is 0 Å². The van der Waals surface area contributed by atoms with E-state index in [9.17, 15) is 4.79 Å². The van der Waals surface area contributed by atoms with Gasteiger partial charge in [-0.25, -0.2) is 0 Å². The number of benzene rings is 3. The highest BCUT2D eigenvalue weighted by Gasteiger charge is 2.02. The van der Waals surface area contributed by atoms with E-state index in [-0.39, 0.29) is 0 Å². The quantitative estimate of drug-likeness (QED) is 0.619. The van der Waals surface area contributed by atoms with Crippen LogP contribution in [0.15, 0.2) is 70.5 Å². The number of fused-ring (bicyclic) bond motifs is 1. The Bertz CT molecular complexity index is 777. The maximum atomic E-state index is 10.8. The van der Waals surface area contributed by atoms with Gasteiger partial charge in [-0.05, 0) is 47.5 Å². The van der Waals surface area contributed by atoms with Crippen molar-refractivity contribution in [2.75, 3.05) is 0 Å². The zero-order valence-corrected chi connectivity index (χ0v) is 12.0. The number of carbonyl (C=O) groups excluding carboxylic acids is 1.